The zero-order valence-corrected chi connectivity index (χ0v) is 15.4. The van der Waals surface area contributed by atoms with Crippen LogP contribution in [0.3, 0.4) is 0 Å². The summed E-state index contributed by atoms with van der Waals surface area (Å²) < 4.78 is 21.9. The van der Waals surface area contributed by atoms with Crippen LogP contribution in [0.4, 0.5) is 0 Å². The Labute approximate surface area is 159 Å². The number of benzene rings is 2. The van der Waals surface area contributed by atoms with Gasteiger partial charge in [0.05, 0.1) is 37.6 Å². The van der Waals surface area contributed by atoms with Gasteiger partial charge in [-0.1, -0.05) is 24.3 Å². The monoisotopic (exact) mass is 372 g/mol. The van der Waals surface area contributed by atoms with Crippen LogP contribution >= 0.6 is 0 Å². The number of hydrogen-bond acceptors (Lipinski definition) is 6. The first-order valence-electron chi connectivity index (χ1n) is 8.77. The van der Waals surface area contributed by atoms with Crippen molar-refractivity contribution in [3.05, 3.63) is 59.7 Å². The molecular formula is C21H24O6. The highest BCUT2D eigenvalue weighted by molar-refractivity contribution is 5.96. The molecule has 0 radical (unpaired) electrons. The number of para-hydroxylation sites is 2. The Morgan fingerprint density at radius 2 is 1.30 bits per heavy atom. The average molecular weight is 372 g/mol. The Bertz CT molecular complexity index is 728. The van der Waals surface area contributed by atoms with Gasteiger partial charge in [-0.2, -0.15) is 0 Å². The van der Waals surface area contributed by atoms with E-state index in [2.05, 4.69) is 0 Å². The molecule has 0 amide bonds. The summed E-state index contributed by atoms with van der Waals surface area (Å²) in [6.07, 6.45) is 0.765. The van der Waals surface area contributed by atoms with Crippen molar-refractivity contribution in [3.63, 3.8) is 0 Å². The van der Waals surface area contributed by atoms with Crippen molar-refractivity contribution in [2.45, 2.75) is 6.92 Å². The van der Waals surface area contributed by atoms with E-state index in [0.717, 1.165) is 6.29 Å². The lowest BCUT2D eigenvalue weighted by Gasteiger charge is -2.10. The lowest BCUT2D eigenvalue weighted by molar-refractivity contribution is 0.0272. The van der Waals surface area contributed by atoms with Crippen LogP contribution in [0.5, 0.6) is 11.5 Å². The zero-order chi connectivity index (χ0) is 19.3. The van der Waals surface area contributed by atoms with Gasteiger partial charge in [0.25, 0.3) is 0 Å². The molecule has 0 saturated heterocycles. The number of Topliss-reactive ketones (excluding diaryl/α,β-unsaturated/α-hetero) is 1. The van der Waals surface area contributed by atoms with Gasteiger partial charge >= 0.3 is 0 Å². The molecule has 2 aromatic carbocycles. The number of hydrogen-bond donors (Lipinski definition) is 0. The molecule has 2 aromatic rings. The summed E-state index contributed by atoms with van der Waals surface area (Å²) in [5.74, 6) is 1.09. The Balaban J connectivity index is 1.51. The van der Waals surface area contributed by atoms with E-state index in [0.29, 0.717) is 62.3 Å². The highest BCUT2D eigenvalue weighted by Crippen LogP contribution is 2.18. The zero-order valence-electron chi connectivity index (χ0n) is 15.4. The van der Waals surface area contributed by atoms with Crippen molar-refractivity contribution in [2.75, 3.05) is 39.6 Å². The van der Waals surface area contributed by atoms with E-state index < -0.39 is 0 Å². The van der Waals surface area contributed by atoms with Crippen LogP contribution in [-0.2, 0) is 9.47 Å². The Hall–Kier alpha value is -2.70. The molecule has 0 atom stereocenters. The third-order valence-electron chi connectivity index (χ3n) is 3.65. The molecule has 0 bridgehead atoms. The molecule has 0 saturated carbocycles. The van der Waals surface area contributed by atoms with Crippen LogP contribution in [0.2, 0.25) is 0 Å². The Kier molecular flexibility index (Phi) is 9.03. The summed E-state index contributed by atoms with van der Waals surface area (Å²) in [5.41, 5.74) is 1.09. The van der Waals surface area contributed by atoms with Crippen LogP contribution in [0.15, 0.2) is 48.5 Å². The molecule has 0 aliphatic heterocycles. The molecule has 6 nitrogen and oxygen atoms in total. The predicted octanol–water partition coefficient (Wildman–Crippen LogP) is 3.19. The Morgan fingerprint density at radius 3 is 1.93 bits per heavy atom. The van der Waals surface area contributed by atoms with E-state index in [-0.39, 0.29) is 5.78 Å². The first-order chi connectivity index (χ1) is 13.2. The van der Waals surface area contributed by atoms with Gasteiger partial charge in [0.1, 0.15) is 24.7 Å². The summed E-state index contributed by atoms with van der Waals surface area (Å²) in [6, 6.07) is 14.2. The molecule has 144 valence electrons. The van der Waals surface area contributed by atoms with Crippen LogP contribution in [-0.4, -0.2) is 51.7 Å². The van der Waals surface area contributed by atoms with E-state index in [1.807, 2.05) is 12.1 Å². The van der Waals surface area contributed by atoms with Gasteiger partial charge in [0, 0.05) is 0 Å². The van der Waals surface area contributed by atoms with Gasteiger partial charge in [0.15, 0.2) is 12.1 Å². The summed E-state index contributed by atoms with van der Waals surface area (Å²) >= 11 is 0. The molecule has 0 aliphatic carbocycles. The van der Waals surface area contributed by atoms with Gasteiger partial charge in [-0.25, -0.2) is 0 Å². The van der Waals surface area contributed by atoms with Gasteiger partial charge in [0.2, 0.25) is 0 Å². The molecular weight excluding hydrogens is 348 g/mol. The summed E-state index contributed by atoms with van der Waals surface area (Å²) in [4.78, 5) is 22.4. The number of carbonyl (C=O) groups is 2. The van der Waals surface area contributed by atoms with Crippen LogP contribution < -0.4 is 9.47 Å². The van der Waals surface area contributed by atoms with Crippen LogP contribution in [0.25, 0.3) is 0 Å². The minimum Gasteiger partial charge on any atom is -0.490 e. The molecule has 0 fully saturated rings. The minimum absolute atomic E-state index is 0.0297. The van der Waals surface area contributed by atoms with E-state index in [1.165, 1.54) is 6.92 Å². The topological polar surface area (TPSA) is 71.1 Å². The standard InChI is InChI=1S/C21H24O6/c1-17(23)19-7-3-5-9-21(19)27-15-13-25-11-10-24-12-14-26-20-8-4-2-6-18(20)16-22/h2-9,16H,10-15H2,1H3. The molecule has 0 aromatic heterocycles. The summed E-state index contributed by atoms with van der Waals surface area (Å²) in [6.45, 7) is 3.90. The van der Waals surface area contributed by atoms with Crippen molar-refractivity contribution < 1.29 is 28.5 Å². The fourth-order valence-corrected chi connectivity index (χ4v) is 2.34. The minimum atomic E-state index is -0.0297. The molecule has 0 heterocycles. The number of ketones is 1. The largest absolute Gasteiger partial charge is 0.490 e. The van der Waals surface area contributed by atoms with E-state index in [4.69, 9.17) is 18.9 Å². The van der Waals surface area contributed by atoms with Crippen LogP contribution in [0.1, 0.15) is 27.6 Å². The van der Waals surface area contributed by atoms with Crippen molar-refractivity contribution in [1.82, 2.24) is 0 Å². The van der Waals surface area contributed by atoms with Gasteiger partial charge in [-0.3, -0.25) is 9.59 Å². The van der Waals surface area contributed by atoms with Crippen LogP contribution in [0, 0.1) is 0 Å². The van der Waals surface area contributed by atoms with Crippen molar-refractivity contribution in [1.29, 1.82) is 0 Å². The maximum atomic E-state index is 11.5. The molecule has 0 spiro atoms. The highest BCUT2D eigenvalue weighted by atomic mass is 16.6. The third kappa shape index (κ3) is 7.21. The number of aldehydes is 1. The molecule has 0 unspecified atom stereocenters. The van der Waals surface area contributed by atoms with Gasteiger partial charge < -0.3 is 18.9 Å². The quantitative estimate of drug-likeness (QED) is 0.305. The molecule has 27 heavy (non-hydrogen) atoms. The highest BCUT2D eigenvalue weighted by Gasteiger charge is 2.06. The molecule has 0 aliphatic rings. The fourth-order valence-electron chi connectivity index (χ4n) is 2.34. The average Bonchev–Trinajstić information content (AvgIpc) is 2.69. The van der Waals surface area contributed by atoms with Gasteiger partial charge in [-0.05, 0) is 31.2 Å². The molecule has 6 heteroatoms. The van der Waals surface area contributed by atoms with E-state index in [1.54, 1.807) is 36.4 Å². The molecule has 2 rings (SSSR count). The second kappa shape index (κ2) is 11.8. The third-order valence-corrected chi connectivity index (χ3v) is 3.65. The van der Waals surface area contributed by atoms with Gasteiger partial charge in [-0.15, -0.1) is 0 Å². The maximum Gasteiger partial charge on any atom is 0.163 e. The normalized spacial score (nSPS) is 10.4. The first-order valence-corrected chi connectivity index (χ1v) is 8.77. The first kappa shape index (κ1) is 20.6. The molecule has 0 N–H and O–H groups in total. The fraction of sp³-hybridized carbons (Fsp3) is 0.333. The van der Waals surface area contributed by atoms with Crippen molar-refractivity contribution in [2.24, 2.45) is 0 Å². The lowest BCUT2D eigenvalue weighted by atomic mass is 10.1. The summed E-state index contributed by atoms with van der Waals surface area (Å²) in [5, 5.41) is 0. The van der Waals surface area contributed by atoms with Crippen molar-refractivity contribution in [3.8, 4) is 11.5 Å². The number of rotatable bonds is 13. The number of carbonyl (C=O) groups excluding carboxylic acids is 2. The van der Waals surface area contributed by atoms with E-state index >= 15 is 0 Å². The lowest BCUT2D eigenvalue weighted by Crippen LogP contribution is -2.14. The van der Waals surface area contributed by atoms with E-state index in [9.17, 15) is 9.59 Å². The van der Waals surface area contributed by atoms with Crippen molar-refractivity contribution >= 4 is 12.1 Å². The second-order valence-corrected chi connectivity index (χ2v) is 5.63. The number of ether oxygens (including phenoxy) is 4. The smallest absolute Gasteiger partial charge is 0.163 e. The summed E-state index contributed by atoms with van der Waals surface area (Å²) in [7, 11) is 0. The SMILES string of the molecule is CC(=O)c1ccccc1OCCOCCOCCOc1ccccc1C=O. The second-order valence-electron chi connectivity index (χ2n) is 5.63. The maximum absolute atomic E-state index is 11.5. The predicted molar refractivity (Wildman–Crippen MR) is 101 cm³/mol. The Morgan fingerprint density at radius 1 is 0.778 bits per heavy atom.